The molecule has 2 aromatic carbocycles. The third kappa shape index (κ3) is 4.97. The summed E-state index contributed by atoms with van der Waals surface area (Å²) in [5, 5.41) is 2.24. The average molecular weight is 434 g/mol. The van der Waals surface area contributed by atoms with E-state index in [1.807, 2.05) is 42.1 Å². The number of Topliss-reactive ketones (excluding diaryl/α,β-unsaturated/α-hetero) is 1. The first-order valence-electron chi connectivity index (χ1n) is 11.1. The number of nitrogens with zero attached hydrogens (tertiary/aromatic N) is 1. The molecule has 0 spiro atoms. The van der Waals surface area contributed by atoms with Gasteiger partial charge in [0.1, 0.15) is 5.75 Å². The van der Waals surface area contributed by atoms with Crippen molar-refractivity contribution in [1.82, 2.24) is 4.90 Å². The van der Waals surface area contributed by atoms with Gasteiger partial charge in [-0.05, 0) is 67.3 Å². The zero-order valence-electron chi connectivity index (χ0n) is 18.5. The summed E-state index contributed by atoms with van der Waals surface area (Å²) in [4.78, 5) is 16.7. The first-order chi connectivity index (χ1) is 15.1. The van der Waals surface area contributed by atoms with Crippen molar-refractivity contribution < 1.29 is 9.53 Å². The summed E-state index contributed by atoms with van der Waals surface area (Å²) < 4.78 is 5.77. The van der Waals surface area contributed by atoms with Gasteiger partial charge >= 0.3 is 0 Å². The van der Waals surface area contributed by atoms with Crippen LogP contribution in [0.15, 0.2) is 71.7 Å². The maximum atomic E-state index is 13.1. The summed E-state index contributed by atoms with van der Waals surface area (Å²) >= 11 is 1.82. The Morgan fingerprint density at radius 1 is 1.32 bits per heavy atom. The van der Waals surface area contributed by atoms with Crippen LogP contribution >= 0.6 is 11.8 Å². The smallest absolute Gasteiger partial charge is 0.164 e. The number of ketones is 1. The van der Waals surface area contributed by atoms with Crippen molar-refractivity contribution in [3.8, 4) is 5.75 Å². The van der Waals surface area contributed by atoms with Gasteiger partial charge in [-0.25, -0.2) is 0 Å². The van der Waals surface area contributed by atoms with E-state index in [1.165, 1.54) is 10.5 Å². The fraction of sp³-hybridized carbons (Fsp3) is 0.370. The molecule has 2 aromatic rings. The topological polar surface area (TPSA) is 29.5 Å². The van der Waals surface area contributed by atoms with Crippen molar-refractivity contribution in [3.63, 3.8) is 0 Å². The fourth-order valence-corrected chi connectivity index (χ4v) is 5.44. The molecule has 2 heterocycles. The highest BCUT2D eigenvalue weighted by Gasteiger charge is 2.28. The van der Waals surface area contributed by atoms with Gasteiger partial charge in [-0.3, -0.25) is 9.69 Å². The molecule has 1 fully saturated rings. The molecule has 3 nitrogen and oxygen atoms in total. The molecule has 31 heavy (non-hydrogen) atoms. The van der Waals surface area contributed by atoms with Crippen LogP contribution in [0.4, 0.5) is 0 Å². The maximum Gasteiger partial charge on any atom is 0.164 e. The Kier molecular flexibility index (Phi) is 6.99. The molecule has 2 aliphatic heterocycles. The molecule has 0 N–H and O–H groups in total. The molecule has 2 unspecified atom stereocenters. The molecular formula is C27H31NO2S. The second-order valence-corrected chi connectivity index (χ2v) is 9.53. The van der Waals surface area contributed by atoms with E-state index < -0.39 is 0 Å². The van der Waals surface area contributed by atoms with E-state index in [9.17, 15) is 4.79 Å². The van der Waals surface area contributed by atoms with Gasteiger partial charge in [0.15, 0.2) is 5.78 Å². The number of rotatable bonds is 7. The Hall–Kier alpha value is -2.30. The lowest BCUT2D eigenvalue weighted by Gasteiger charge is -2.24. The summed E-state index contributed by atoms with van der Waals surface area (Å²) in [6.07, 6.45) is 9.87. The molecule has 2 atom stereocenters. The van der Waals surface area contributed by atoms with Crippen LogP contribution in [0, 0.1) is 5.92 Å². The highest BCUT2D eigenvalue weighted by atomic mass is 32.2. The van der Waals surface area contributed by atoms with Crippen LogP contribution < -0.4 is 4.74 Å². The molecule has 0 aromatic heterocycles. The van der Waals surface area contributed by atoms with Crippen LogP contribution in [-0.2, 0) is 0 Å². The van der Waals surface area contributed by atoms with Crippen molar-refractivity contribution >= 4 is 28.3 Å². The van der Waals surface area contributed by atoms with Gasteiger partial charge < -0.3 is 4.74 Å². The van der Waals surface area contributed by atoms with E-state index in [1.54, 1.807) is 0 Å². The summed E-state index contributed by atoms with van der Waals surface area (Å²) in [6.45, 7) is 10.9. The highest BCUT2D eigenvalue weighted by Crippen LogP contribution is 2.37. The van der Waals surface area contributed by atoms with Gasteiger partial charge in [-0.2, -0.15) is 0 Å². The average Bonchev–Trinajstić information content (AvgIpc) is 3.28. The molecule has 162 valence electrons. The number of allylic oxidation sites excluding steroid dienone is 4. The third-order valence-electron chi connectivity index (χ3n) is 6.38. The molecule has 0 amide bonds. The largest absolute Gasteiger partial charge is 0.492 e. The standard InChI is InChI=1S/C27H31NO2S/c1-4-6-7-20(5-2)23-10-11-28(18-23)19(3)14-25(29)22-9-8-21-16-26-27(17-24(21)15-22)31-13-12-30-26/h4-9,15-17,19,23H,1,10-14,18H2,2-3H3/b7-6-,20-5+. The van der Waals surface area contributed by atoms with Crippen molar-refractivity contribution in [2.24, 2.45) is 5.92 Å². The predicted molar refractivity (Wildman–Crippen MR) is 131 cm³/mol. The van der Waals surface area contributed by atoms with Crippen LogP contribution in [0.5, 0.6) is 5.75 Å². The Morgan fingerprint density at radius 2 is 2.19 bits per heavy atom. The second kappa shape index (κ2) is 9.88. The number of thioether (sulfide) groups is 1. The minimum Gasteiger partial charge on any atom is -0.492 e. The normalized spacial score (nSPS) is 20.6. The maximum absolute atomic E-state index is 13.1. The third-order valence-corrected chi connectivity index (χ3v) is 7.38. The van der Waals surface area contributed by atoms with Gasteiger partial charge in [0, 0.05) is 30.3 Å². The lowest BCUT2D eigenvalue weighted by Crippen LogP contribution is -2.33. The lowest BCUT2D eigenvalue weighted by atomic mass is 9.97. The van der Waals surface area contributed by atoms with Crippen molar-refractivity contribution in [2.45, 2.75) is 37.6 Å². The Bertz CT molecular complexity index is 1040. The lowest BCUT2D eigenvalue weighted by molar-refractivity contribution is 0.0940. The fourth-order valence-electron chi connectivity index (χ4n) is 4.58. The minimum absolute atomic E-state index is 0.220. The van der Waals surface area contributed by atoms with Crippen LogP contribution in [0.2, 0.25) is 0 Å². The van der Waals surface area contributed by atoms with E-state index >= 15 is 0 Å². The first-order valence-corrected chi connectivity index (χ1v) is 12.1. The molecule has 4 rings (SSSR count). The van der Waals surface area contributed by atoms with Gasteiger partial charge in [0.2, 0.25) is 0 Å². The van der Waals surface area contributed by atoms with Crippen molar-refractivity contribution in [3.05, 3.63) is 72.4 Å². The second-order valence-electron chi connectivity index (χ2n) is 8.40. The number of hydrogen-bond donors (Lipinski definition) is 0. The summed E-state index contributed by atoms with van der Waals surface area (Å²) in [7, 11) is 0. The number of carbonyl (C=O) groups is 1. The quantitative estimate of drug-likeness (QED) is 0.379. The number of hydrogen-bond acceptors (Lipinski definition) is 4. The van der Waals surface area contributed by atoms with Crippen molar-refractivity contribution in [2.75, 3.05) is 25.4 Å². The Labute approximate surface area is 189 Å². The summed E-state index contributed by atoms with van der Waals surface area (Å²) in [5.41, 5.74) is 2.17. The number of carbonyl (C=O) groups excluding carboxylic acids is 1. The number of fused-ring (bicyclic) bond motifs is 2. The molecule has 0 radical (unpaired) electrons. The number of likely N-dealkylation sites (tertiary alicyclic amines) is 1. The van der Waals surface area contributed by atoms with Crippen molar-refractivity contribution in [1.29, 1.82) is 0 Å². The Balaban J connectivity index is 1.42. The summed E-state index contributed by atoms with van der Waals surface area (Å²) in [5.74, 6) is 2.69. The van der Waals surface area contributed by atoms with E-state index in [2.05, 4.69) is 49.6 Å². The van der Waals surface area contributed by atoms with Gasteiger partial charge in [-0.15, -0.1) is 11.8 Å². The molecule has 0 aliphatic carbocycles. The zero-order chi connectivity index (χ0) is 21.8. The summed E-state index contributed by atoms with van der Waals surface area (Å²) in [6, 6.07) is 10.6. The van der Waals surface area contributed by atoms with Crippen LogP contribution in [0.25, 0.3) is 10.8 Å². The van der Waals surface area contributed by atoms with Gasteiger partial charge in [0.05, 0.1) is 11.5 Å². The molecular weight excluding hydrogens is 402 g/mol. The van der Waals surface area contributed by atoms with E-state index in [0.29, 0.717) is 12.3 Å². The van der Waals surface area contributed by atoms with E-state index in [-0.39, 0.29) is 11.8 Å². The minimum atomic E-state index is 0.220. The Morgan fingerprint density at radius 3 is 3.00 bits per heavy atom. The number of benzene rings is 2. The number of ether oxygens (including phenoxy) is 1. The van der Waals surface area contributed by atoms with Crippen LogP contribution in [-0.4, -0.2) is 42.2 Å². The predicted octanol–water partition coefficient (Wildman–Crippen LogP) is 6.30. The molecule has 0 bridgehead atoms. The zero-order valence-corrected chi connectivity index (χ0v) is 19.3. The highest BCUT2D eigenvalue weighted by molar-refractivity contribution is 7.99. The SMILES string of the molecule is C=C/C=C\C(=C/C)C1CCN(C(C)CC(=O)c2ccc3cc4c(cc3c2)SCCO4)C1. The monoisotopic (exact) mass is 433 g/mol. The molecule has 2 aliphatic rings. The molecule has 0 saturated carbocycles. The van der Waals surface area contributed by atoms with E-state index in [4.69, 9.17) is 4.74 Å². The van der Waals surface area contributed by atoms with Gasteiger partial charge in [0.25, 0.3) is 0 Å². The van der Waals surface area contributed by atoms with E-state index in [0.717, 1.165) is 54.0 Å². The first kappa shape index (κ1) is 21.9. The molecule has 1 saturated heterocycles. The molecule has 4 heteroatoms. The van der Waals surface area contributed by atoms with Gasteiger partial charge in [-0.1, -0.05) is 43.0 Å². The van der Waals surface area contributed by atoms with Crippen LogP contribution in [0.1, 0.15) is 37.0 Å². The van der Waals surface area contributed by atoms with Crippen LogP contribution in [0.3, 0.4) is 0 Å².